The summed E-state index contributed by atoms with van der Waals surface area (Å²) in [6, 6.07) is 6.23. The molecule has 1 heterocycles. The van der Waals surface area contributed by atoms with E-state index in [1.165, 1.54) is 0 Å². The van der Waals surface area contributed by atoms with Crippen molar-refractivity contribution in [2.75, 3.05) is 7.11 Å². The minimum atomic E-state index is -0.476. The van der Waals surface area contributed by atoms with E-state index < -0.39 is 5.60 Å². The third kappa shape index (κ3) is 1.71. The summed E-state index contributed by atoms with van der Waals surface area (Å²) in [5.41, 5.74) is 1.79. The fraction of sp³-hybridized carbons (Fsp3) is 0.429. The lowest BCUT2D eigenvalue weighted by Crippen LogP contribution is -2.11. The molecular formula is C14H17NO2. The largest absolute Gasteiger partial charge is 0.496 e. The van der Waals surface area contributed by atoms with Crippen LogP contribution in [0.1, 0.15) is 18.4 Å². The molecule has 0 amide bonds. The molecule has 0 aliphatic heterocycles. The molecule has 90 valence electrons. The van der Waals surface area contributed by atoms with Crippen molar-refractivity contribution >= 4 is 10.9 Å². The van der Waals surface area contributed by atoms with Crippen LogP contribution in [0.25, 0.3) is 10.9 Å². The molecule has 2 aromatic rings. The van der Waals surface area contributed by atoms with E-state index in [9.17, 15) is 5.11 Å². The number of aryl methyl sites for hydroxylation is 1. The van der Waals surface area contributed by atoms with Crippen LogP contribution in [0.4, 0.5) is 0 Å². The van der Waals surface area contributed by atoms with E-state index in [-0.39, 0.29) is 0 Å². The maximum absolute atomic E-state index is 10.0. The van der Waals surface area contributed by atoms with Crippen molar-refractivity contribution in [3.63, 3.8) is 0 Å². The Labute approximate surface area is 101 Å². The molecule has 1 aromatic carbocycles. The number of nitrogens with zero attached hydrogens (tertiary/aromatic N) is 1. The normalized spacial score (nSPS) is 17.4. The van der Waals surface area contributed by atoms with Gasteiger partial charge >= 0.3 is 0 Å². The van der Waals surface area contributed by atoms with Crippen molar-refractivity contribution in [1.82, 2.24) is 4.57 Å². The van der Waals surface area contributed by atoms with Crippen molar-refractivity contribution in [1.29, 1.82) is 0 Å². The molecule has 1 N–H and O–H groups in total. The number of ether oxygens (including phenoxy) is 1. The number of rotatable bonds is 3. The van der Waals surface area contributed by atoms with Crippen LogP contribution in [-0.4, -0.2) is 22.4 Å². The van der Waals surface area contributed by atoms with Crippen molar-refractivity contribution in [3.8, 4) is 5.75 Å². The molecule has 17 heavy (non-hydrogen) atoms. The summed E-state index contributed by atoms with van der Waals surface area (Å²) in [6.07, 6.45) is 4.54. The van der Waals surface area contributed by atoms with Gasteiger partial charge in [-0.05, 0) is 30.5 Å². The SMILES string of the molecule is COc1c(CC2(O)CC2)ccc2c1ccn2C. The molecule has 1 aliphatic rings. The summed E-state index contributed by atoms with van der Waals surface area (Å²) in [5.74, 6) is 0.906. The summed E-state index contributed by atoms with van der Waals surface area (Å²) < 4.78 is 7.60. The summed E-state index contributed by atoms with van der Waals surface area (Å²) in [6.45, 7) is 0. The lowest BCUT2D eigenvalue weighted by molar-refractivity contribution is 0.150. The van der Waals surface area contributed by atoms with E-state index in [4.69, 9.17) is 4.74 Å². The third-order valence-corrected chi connectivity index (χ3v) is 3.65. The van der Waals surface area contributed by atoms with E-state index in [0.717, 1.165) is 35.1 Å². The summed E-state index contributed by atoms with van der Waals surface area (Å²) in [4.78, 5) is 0. The van der Waals surface area contributed by atoms with Gasteiger partial charge < -0.3 is 14.4 Å². The van der Waals surface area contributed by atoms with Gasteiger partial charge in [-0.1, -0.05) is 6.07 Å². The molecule has 0 spiro atoms. The average Bonchev–Trinajstić information content (AvgIpc) is 2.91. The highest BCUT2D eigenvalue weighted by atomic mass is 16.5. The number of hydrogen-bond acceptors (Lipinski definition) is 2. The third-order valence-electron chi connectivity index (χ3n) is 3.65. The Morgan fingerprint density at radius 2 is 2.12 bits per heavy atom. The van der Waals surface area contributed by atoms with Crippen LogP contribution in [-0.2, 0) is 13.5 Å². The second-order valence-electron chi connectivity index (χ2n) is 5.02. The highest BCUT2D eigenvalue weighted by molar-refractivity contribution is 5.88. The Hall–Kier alpha value is -1.48. The van der Waals surface area contributed by atoms with Crippen LogP contribution in [0.3, 0.4) is 0 Å². The zero-order valence-electron chi connectivity index (χ0n) is 10.2. The quantitative estimate of drug-likeness (QED) is 0.879. The standard InChI is InChI=1S/C14H17NO2/c1-15-8-5-11-12(15)4-3-10(13(11)17-2)9-14(16)6-7-14/h3-5,8,16H,6-7,9H2,1-2H3. The van der Waals surface area contributed by atoms with Crippen molar-refractivity contribution in [2.45, 2.75) is 24.9 Å². The number of fused-ring (bicyclic) bond motifs is 1. The Bertz CT molecular complexity index is 567. The predicted octanol–water partition coefficient (Wildman–Crippen LogP) is 2.25. The van der Waals surface area contributed by atoms with E-state index in [1.54, 1.807) is 7.11 Å². The molecule has 0 unspecified atom stereocenters. The van der Waals surface area contributed by atoms with Gasteiger partial charge in [-0.3, -0.25) is 0 Å². The number of benzene rings is 1. The van der Waals surface area contributed by atoms with Crippen LogP contribution in [0, 0.1) is 0 Å². The lowest BCUT2D eigenvalue weighted by atomic mass is 10.0. The van der Waals surface area contributed by atoms with Crippen molar-refractivity contribution < 1.29 is 9.84 Å². The van der Waals surface area contributed by atoms with Gasteiger partial charge in [0.15, 0.2) is 0 Å². The predicted molar refractivity (Wildman–Crippen MR) is 67.4 cm³/mol. The zero-order chi connectivity index (χ0) is 12.0. The second-order valence-corrected chi connectivity index (χ2v) is 5.02. The molecule has 3 rings (SSSR count). The van der Waals surface area contributed by atoms with E-state index >= 15 is 0 Å². The van der Waals surface area contributed by atoms with Gasteiger partial charge in [0.25, 0.3) is 0 Å². The molecule has 1 aliphatic carbocycles. The highest BCUT2D eigenvalue weighted by Gasteiger charge is 2.40. The smallest absolute Gasteiger partial charge is 0.131 e. The second kappa shape index (κ2) is 3.50. The van der Waals surface area contributed by atoms with Gasteiger partial charge in [0, 0.05) is 25.1 Å². The molecule has 1 fully saturated rings. The van der Waals surface area contributed by atoms with Gasteiger partial charge in [-0.2, -0.15) is 0 Å². The molecule has 1 saturated carbocycles. The molecular weight excluding hydrogens is 214 g/mol. The summed E-state index contributed by atoms with van der Waals surface area (Å²) in [7, 11) is 3.72. The van der Waals surface area contributed by atoms with Crippen molar-refractivity contribution in [2.24, 2.45) is 7.05 Å². The van der Waals surface area contributed by atoms with E-state index in [0.29, 0.717) is 6.42 Å². The molecule has 3 nitrogen and oxygen atoms in total. The maximum atomic E-state index is 10.0. The fourth-order valence-corrected chi connectivity index (χ4v) is 2.43. The van der Waals surface area contributed by atoms with Crippen molar-refractivity contribution in [3.05, 3.63) is 30.0 Å². The monoisotopic (exact) mass is 231 g/mol. The number of hydrogen-bond donors (Lipinski definition) is 1. The Balaban J connectivity index is 2.11. The van der Waals surface area contributed by atoms with Crippen LogP contribution >= 0.6 is 0 Å². The highest BCUT2D eigenvalue weighted by Crippen LogP contribution is 2.41. The van der Waals surface area contributed by atoms with Crippen LogP contribution in [0.2, 0.25) is 0 Å². The molecule has 1 aromatic heterocycles. The lowest BCUT2D eigenvalue weighted by Gasteiger charge is -2.13. The molecule has 0 bridgehead atoms. The van der Waals surface area contributed by atoms with Crippen LogP contribution in [0.5, 0.6) is 5.75 Å². The van der Waals surface area contributed by atoms with Crippen LogP contribution in [0.15, 0.2) is 24.4 Å². The Morgan fingerprint density at radius 3 is 2.76 bits per heavy atom. The Morgan fingerprint density at radius 1 is 1.35 bits per heavy atom. The first kappa shape index (κ1) is 10.7. The van der Waals surface area contributed by atoms with Crippen LogP contribution < -0.4 is 4.74 Å². The molecule has 3 heteroatoms. The van der Waals surface area contributed by atoms with Gasteiger partial charge in [0.2, 0.25) is 0 Å². The van der Waals surface area contributed by atoms with E-state index in [2.05, 4.69) is 22.8 Å². The Kier molecular flexibility index (Phi) is 2.20. The number of methoxy groups -OCH3 is 1. The van der Waals surface area contributed by atoms with Gasteiger partial charge in [-0.25, -0.2) is 0 Å². The minimum absolute atomic E-state index is 0.476. The summed E-state index contributed by atoms with van der Waals surface area (Å²) in [5, 5.41) is 11.1. The van der Waals surface area contributed by atoms with Gasteiger partial charge in [0.05, 0.1) is 18.2 Å². The summed E-state index contributed by atoms with van der Waals surface area (Å²) >= 11 is 0. The minimum Gasteiger partial charge on any atom is -0.496 e. The van der Waals surface area contributed by atoms with E-state index in [1.807, 2.05) is 13.2 Å². The first-order valence-corrected chi connectivity index (χ1v) is 5.96. The first-order chi connectivity index (χ1) is 8.13. The average molecular weight is 231 g/mol. The van der Waals surface area contributed by atoms with Gasteiger partial charge in [0.1, 0.15) is 5.75 Å². The molecule has 0 atom stereocenters. The number of aromatic nitrogens is 1. The molecule has 0 saturated heterocycles. The topological polar surface area (TPSA) is 34.4 Å². The first-order valence-electron chi connectivity index (χ1n) is 5.96. The fourth-order valence-electron chi connectivity index (χ4n) is 2.43. The molecule has 0 radical (unpaired) electrons. The number of aliphatic hydroxyl groups is 1. The maximum Gasteiger partial charge on any atom is 0.131 e. The van der Waals surface area contributed by atoms with Gasteiger partial charge in [-0.15, -0.1) is 0 Å². The zero-order valence-corrected chi connectivity index (χ0v) is 10.2.